The van der Waals surface area contributed by atoms with Crippen LogP contribution in [0.2, 0.25) is 0 Å². The minimum atomic E-state index is 0.469. The average Bonchev–Trinajstić information content (AvgIpc) is 1.97. The zero-order valence-corrected chi connectivity index (χ0v) is 13.1. The number of rotatable bonds is 5. The molecule has 0 saturated carbocycles. The van der Waals surface area contributed by atoms with Gasteiger partial charge >= 0.3 is 0 Å². The predicted molar refractivity (Wildman–Crippen MR) is 75.6 cm³/mol. The minimum absolute atomic E-state index is 0.469. The third-order valence-electron chi connectivity index (χ3n) is 4.07. The molecule has 0 aliphatic carbocycles. The summed E-state index contributed by atoms with van der Waals surface area (Å²) in [5.41, 5.74) is 0.940. The molecule has 0 spiro atoms. The van der Waals surface area contributed by atoms with Crippen LogP contribution in [0.15, 0.2) is 0 Å². The molecule has 0 aromatic heterocycles. The molecule has 0 aliphatic heterocycles. The van der Waals surface area contributed by atoms with Crippen LogP contribution in [0, 0.1) is 28.6 Å². The lowest BCUT2D eigenvalue weighted by molar-refractivity contribution is 0.123. The Bertz CT molecular complexity index is 193. The average molecular weight is 226 g/mol. The zero-order chi connectivity index (χ0) is 13.1. The molecule has 0 radical (unpaired) electrons. The molecule has 0 aromatic rings. The van der Waals surface area contributed by atoms with Crippen molar-refractivity contribution in [2.75, 3.05) is 0 Å². The first-order valence-electron chi connectivity index (χ1n) is 6.96. The first-order valence-corrected chi connectivity index (χ1v) is 6.96. The lowest BCUT2D eigenvalue weighted by Gasteiger charge is -2.38. The monoisotopic (exact) mass is 226 g/mol. The van der Waals surface area contributed by atoms with E-state index in [4.69, 9.17) is 0 Å². The fraction of sp³-hybridized carbons (Fsp3) is 1.00. The van der Waals surface area contributed by atoms with Crippen molar-refractivity contribution in [1.29, 1.82) is 0 Å². The largest absolute Gasteiger partial charge is 0.0625 e. The van der Waals surface area contributed by atoms with Crippen LogP contribution in [0.3, 0.4) is 0 Å². The normalized spacial score (nSPS) is 17.6. The van der Waals surface area contributed by atoms with Gasteiger partial charge in [-0.05, 0) is 41.4 Å². The molecule has 0 amide bonds. The summed E-state index contributed by atoms with van der Waals surface area (Å²) in [7, 11) is 0. The molecule has 0 N–H and O–H groups in total. The molecule has 0 fully saturated rings. The Kier molecular flexibility index (Phi) is 5.56. The maximum absolute atomic E-state index is 2.44. The van der Waals surface area contributed by atoms with Crippen molar-refractivity contribution >= 4 is 0 Å². The molecule has 0 heteroatoms. The van der Waals surface area contributed by atoms with Crippen LogP contribution in [-0.2, 0) is 0 Å². The van der Waals surface area contributed by atoms with Gasteiger partial charge in [-0.1, -0.05) is 62.3 Å². The van der Waals surface area contributed by atoms with Crippen molar-refractivity contribution < 1.29 is 0 Å². The van der Waals surface area contributed by atoms with Crippen molar-refractivity contribution in [2.24, 2.45) is 28.6 Å². The molecule has 16 heavy (non-hydrogen) atoms. The second-order valence-corrected chi connectivity index (χ2v) is 8.10. The topological polar surface area (TPSA) is 0 Å². The molecular formula is C16H34. The van der Waals surface area contributed by atoms with Crippen molar-refractivity contribution in [2.45, 2.75) is 75.2 Å². The summed E-state index contributed by atoms with van der Waals surface area (Å²) >= 11 is 0. The Balaban J connectivity index is 4.36. The van der Waals surface area contributed by atoms with Crippen LogP contribution in [-0.4, -0.2) is 0 Å². The Morgan fingerprint density at radius 2 is 1.19 bits per heavy atom. The number of hydrogen-bond acceptors (Lipinski definition) is 0. The van der Waals surface area contributed by atoms with Crippen LogP contribution in [0.5, 0.6) is 0 Å². The lowest BCUT2D eigenvalue weighted by atomic mass is 9.68. The SMILES string of the molecule is CC(CC(C)(C)C)CC(C)(C)C(C)C(C)C. The minimum Gasteiger partial charge on any atom is -0.0625 e. The first-order chi connectivity index (χ1) is 6.96. The summed E-state index contributed by atoms with van der Waals surface area (Å²) < 4.78 is 0. The van der Waals surface area contributed by atoms with Gasteiger partial charge < -0.3 is 0 Å². The molecule has 0 heterocycles. The molecule has 0 rings (SSSR count). The van der Waals surface area contributed by atoms with Gasteiger partial charge in [0.2, 0.25) is 0 Å². The molecule has 0 bridgehead atoms. The van der Waals surface area contributed by atoms with E-state index in [0.717, 1.165) is 17.8 Å². The van der Waals surface area contributed by atoms with Crippen molar-refractivity contribution in [3.8, 4) is 0 Å². The molecule has 0 aliphatic rings. The van der Waals surface area contributed by atoms with Crippen molar-refractivity contribution in [1.82, 2.24) is 0 Å². The lowest BCUT2D eigenvalue weighted by Crippen LogP contribution is -2.29. The Morgan fingerprint density at radius 3 is 1.50 bits per heavy atom. The van der Waals surface area contributed by atoms with E-state index in [0.29, 0.717) is 10.8 Å². The van der Waals surface area contributed by atoms with E-state index in [1.165, 1.54) is 12.8 Å². The molecule has 0 aromatic carbocycles. The van der Waals surface area contributed by atoms with E-state index >= 15 is 0 Å². The smallest absolute Gasteiger partial charge is 0.0324 e. The summed E-state index contributed by atoms with van der Waals surface area (Å²) in [4.78, 5) is 0. The summed E-state index contributed by atoms with van der Waals surface area (Å²) in [5.74, 6) is 2.42. The van der Waals surface area contributed by atoms with Gasteiger partial charge in [0.15, 0.2) is 0 Å². The Labute approximate surface area is 104 Å². The fourth-order valence-corrected chi connectivity index (χ4v) is 3.10. The van der Waals surface area contributed by atoms with E-state index in [-0.39, 0.29) is 0 Å². The molecule has 2 unspecified atom stereocenters. The van der Waals surface area contributed by atoms with Gasteiger partial charge in [0.05, 0.1) is 0 Å². The quantitative estimate of drug-likeness (QED) is 0.558. The third-order valence-corrected chi connectivity index (χ3v) is 4.07. The highest BCUT2D eigenvalue weighted by molar-refractivity contribution is 4.80. The van der Waals surface area contributed by atoms with Crippen LogP contribution in [0.4, 0.5) is 0 Å². The van der Waals surface area contributed by atoms with Crippen LogP contribution in [0.1, 0.15) is 75.2 Å². The van der Waals surface area contributed by atoms with Gasteiger partial charge in [-0.3, -0.25) is 0 Å². The highest BCUT2D eigenvalue weighted by Crippen LogP contribution is 2.40. The van der Waals surface area contributed by atoms with Crippen LogP contribution < -0.4 is 0 Å². The summed E-state index contributed by atoms with van der Waals surface area (Å²) in [6.45, 7) is 21.5. The fourth-order valence-electron chi connectivity index (χ4n) is 3.10. The van der Waals surface area contributed by atoms with Crippen LogP contribution >= 0.6 is 0 Å². The van der Waals surface area contributed by atoms with Crippen molar-refractivity contribution in [3.63, 3.8) is 0 Å². The van der Waals surface area contributed by atoms with Gasteiger partial charge in [0, 0.05) is 0 Å². The van der Waals surface area contributed by atoms with E-state index in [1.807, 2.05) is 0 Å². The van der Waals surface area contributed by atoms with E-state index < -0.39 is 0 Å². The second-order valence-electron chi connectivity index (χ2n) is 8.10. The van der Waals surface area contributed by atoms with Gasteiger partial charge in [-0.2, -0.15) is 0 Å². The molecular weight excluding hydrogens is 192 g/mol. The first kappa shape index (κ1) is 16.0. The molecule has 98 valence electrons. The summed E-state index contributed by atoms with van der Waals surface area (Å²) in [6.07, 6.45) is 2.69. The van der Waals surface area contributed by atoms with E-state index in [9.17, 15) is 0 Å². The van der Waals surface area contributed by atoms with Gasteiger partial charge in [-0.25, -0.2) is 0 Å². The summed E-state index contributed by atoms with van der Waals surface area (Å²) in [6, 6.07) is 0. The maximum atomic E-state index is 2.44. The van der Waals surface area contributed by atoms with E-state index in [1.54, 1.807) is 0 Å². The van der Waals surface area contributed by atoms with Gasteiger partial charge in [0.1, 0.15) is 0 Å². The van der Waals surface area contributed by atoms with E-state index in [2.05, 4.69) is 62.3 Å². The van der Waals surface area contributed by atoms with Gasteiger partial charge in [0.25, 0.3) is 0 Å². The third kappa shape index (κ3) is 5.92. The van der Waals surface area contributed by atoms with Gasteiger partial charge in [-0.15, -0.1) is 0 Å². The number of hydrogen-bond donors (Lipinski definition) is 0. The molecule has 0 nitrogen and oxygen atoms in total. The standard InChI is InChI=1S/C16H34/c1-12(2)14(4)16(8,9)11-13(3)10-15(5,6)7/h12-14H,10-11H2,1-9H3. The summed E-state index contributed by atoms with van der Waals surface area (Å²) in [5, 5.41) is 0. The highest BCUT2D eigenvalue weighted by atomic mass is 14.4. The predicted octanol–water partition coefficient (Wildman–Crippen LogP) is 5.77. The zero-order valence-electron chi connectivity index (χ0n) is 13.1. The Morgan fingerprint density at radius 1 is 0.750 bits per heavy atom. The van der Waals surface area contributed by atoms with Crippen LogP contribution in [0.25, 0.3) is 0 Å². The second kappa shape index (κ2) is 5.56. The van der Waals surface area contributed by atoms with Crippen molar-refractivity contribution in [3.05, 3.63) is 0 Å². The Hall–Kier alpha value is 0. The maximum Gasteiger partial charge on any atom is -0.0324 e. The highest BCUT2D eigenvalue weighted by Gasteiger charge is 2.30. The molecule has 0 saturated heterocycles. The molecule has 2 atom stereocenters.